The lowest BCUT2D eigenvalue weighted by Crippen LogP contribution is -2.05. The highest BCUT2D eigenvalue weighted by atomic mass is 19.1. The minimum absolute atomic E-state index is 0.0592. The van der Waals surface area contributed by atoms with Gasteiger partial charge in [0, 0.05) is 18.2 Å². The first-order chi connectivity index (χ1) is 10.5. The molecule has 0 spiro atoms. The molecule has 2 rings (SSSR count). The second kappa shape index (κ2) is 6.76. The summed E-state index contributed by atoms with van der Waals surface area (Å²) in [6, 6.07) is 10.3. The van der Waals surface area contributed by atoms with Crippen molar-refractivity contribution in [1.82, 2.24) is 0 Å². The molecule has 5 heteroatoms. The standard InChI is InChI=1S/C17H15FO4/c1-2-15(17(20)21)16-6-4-3-5-11(16)10-22-14-8-12(18)7-13(19)9-14/h2-9,19H,10H2,1H3,(H,20,21). The smallest absolute Gasteiger partial charge is 0.335 e. The molecule has 0 aliphatic carbocycles. The molecule has 2 N–H and O–H groups in total. The predicted molar refractivity (Wildman–Crippen MR) is 80.1 cm³/mol. The van der Waals surface area contributed by atoms with Crippen LogP contribution in [0.2, 0.25) is 0 Å². The third kappa shape index (κ3) is 3.63. The summed E-state index contributed by atoms with van der Waals surface area (Å²) in [6.07, 6.45) is 1.51. The van der Waals surface area contributed by atoms with Gasteiger partial charge in [-0.25, -0.2) is 9.18 Å². The first kappa shape index (κ1) is 15.6. The average Bonchev–Trinajstić information content (AvgIpc) is 2.45. The molecule has 0 unspecified atom stereocenters. The molecule has 0 aromatic heterocycles. The molecule has 2 aromatic rings. The van der Waals surface area contributed by atoms with Crippen LogP contribution in [0.15, 0.2) is 48.5 Å². The van der Waals surface area contributed by atoms with Crippen LogP contribution in [-0.2, 0) is 11.4 Å². The van der Waals surface area contributed by atoms with Crippen LogP contribution in [0.3, 0.4) is 0 Å². The fraction of sp³-hybridized carbons (Fsp3) is 0.118. The van der Waals surface area contributed by atoms with Crippen molar-refractivity contribution in [2.75, 3.05) is 0 Å². The van der Waals surface area contributed by atoms with Crippen molar-refractivity contribution in [3.05, 3.63) is 65.5 Å². The van der Waals surface area contributed by atoms with E-state index in [9.17, 15) is 19.4 Å². The zero-order chi connectivity index (χ0) is 16.1. The lowest BCUT2D eigenvalue weighted by atomic mass is 10.00. The van der Waals surface area contributed by atoms with Gasteiger partial charge in [0.15, 0.2) is 0 Å². The lowest BCUT2D eigenvalue weighted by Gasteiger charge is -2.12. The minimum atomic E-state index is -1.03. The summed E-state index contributed by atoms with van der Waals surface area (Å²) in [5, 5.41) is 18.6. The van der Waals surface area contributed by atoms with E-state index in [1.54, 1.807) is 31.2 Å². The Balaban J connectivity index is 2.25. The zero-order valence-electron chi connectivity index (χ0n) is 11.9. The van der Waals surface area contributed by atoms with Crippen LogP contribution in [0.5, 0.6) is 11.5 Å². The number of phenols is 1. The molecule has 0 fully saturated rings. The average molecular weight is 302 g/mol. The first-order valence-electron chi connectivity index (χ1n) is 6.61. The van der Waals surface area contributed by atoms with Crippen molar-refractivity contribution in [2.24, 2.45) is 0 Å². The Hall–Kier alpha value is -2.82. The second-order valence-electron chi connectivity index (χ2n) is 4.60. The number of benzene rings is 2. The topological polar surface area (TPSA) is 66.8 Å². The van der Waals surface area contributed by atoms with Crippen LogP contribution >= 0.6 is 0 Å². The Morgan fingerprint density at radius 3 is 2.64 bits per heavy atom. The molecule has 0 bridgehead atoms. The Morgan fingerprint density at radius 2 is 2.00 bits per heavy atom. The number of hydrogen-bond acceptors (Lipinski definition) is 3. The summed E-state index contributed by atoms with van der Waals surface area (Å²) in [7, 11) is 0. The highest BCUT2D eigenvalue weighted by molar-refractivity contribution is 6.15. The van der Waals surface area contributed by atoms with E-state index in [0.29, 0.717) is 11.1 Å². The van der Waals surface area contributed by atoms with Crippen molar-refractivity contribution in [1.29, 1.82) is 0 Å². The summed E-state index contributed by atoms with van der Waals surface area (Å²) in [4.78, 5) is 11.3. The SMILES string of the molecule is CC=C(C(=O)O)c1ccccc1COc1cc(O)cc(F)c1. The quantitative estimate of drug-likeness (QED) is 0.828. The second-order valence-corrected chi connectivity index (χ2v) is 4.60. The molecule has 0 heterocycles. The Labute approximate surface area is 127 Å². The Bertz CT molecular complexity index is 702. The molecule has 0 radical (unpaired) electrons. The van der Waals surface area contributed by atoms with E-state index in [2.05, 4.69) is 0 Å². The number of aliphatic carboxylic acids is 1. The summed E-state index contributed by atoms with van der Waals surface area (Å²) < 4.78 is 18.6. The van der Waals surface area contributed by atoms with Crippen LogP contribution in [0.4, 0.5) is 4.39 Å². The number of carboxylic acid groups (broad SMARTS) is 1. The summed E-state index contributed by atoms with van der Waals surface area (Å²) in [6.45, 7) is 1.70. The van der Waals surface area contributed by atoms with Crippen LogP contribution in [0.25, 0.3) is 5.57 Å². The number of rotatable bonds is 5. The van der Waals surface area contributed by atoms with Crippen molar-refractivity contribution in [3.8, 4) is 11.5 Å². The fourth-order valence-corrected chi connectivity index (χ4v) is 2.10. The number of allylic oxidation sites excluding steroid dienone is 1. The molecule has 4 nitrogen and oxygen atoms in total. The van der Waals surface area contributed by atoms with Gasteiger partial charge < -0.3 is 14.9 Å². The van der Waals surface area contributed by atoms with E-state index in [1.165, 1.54) is 12.1 Å². The molecule has 2 aromatic carbocycles. The number of aromatic hydroxyl groups is 1. The maximum atomic E-state index is 13.2. The normalized spacial score (nSPS) is 11.3. The maximum absolute atomic E-state index is 13.2. The van der Waals surface area contributed by atoms with E-state index in [4.69, 9.17) is 4.74 Å². The minimum Gasteiger partial charge on any atom is -0.508 e. The lowest BCUT2D eigenvalue weighted by molar-refractivity contribution is -0.130. The van der Waals surface area contributed by atoms with Crippen molar-refractivity contribution in [2.45, 2.75) is 13.5 Å². The van der Waals surface area contributed by atoms with Gasteiger partial charge in [0.25, 0.3) is 0 Å². The van der Waals surface area contributed by atoms with Crippen LogP contribution in [-0.4, -0.2) is 16.2 Å². The van der Waals surface area contributed by atoms with Gasteiger partial charge in [0.05, 0.1) is 5.57 Å². The van der Waals surface area contributed by atoms with Gasteiger partial charge in [-0.3, -0.25) is 0 Å². The van der Waals surface area contributed by atoms with E-state index in [-0.39, 0.29) is 23.7 Å². The van der Waals surface area contributed by atoms with Crippen LogP contribution < -0.4 is 4.74 Å². The van der Waals surface area contributed by atoms with Crippen molar-refractivity contribution < 1.29 is 24.1 Å². The molecule has 0 aliphatic rings. The van der Waals surface area contributed by atoms with Crippen LogP contribution in [0.1, 0.15) is 18.1 Å². The Morgan fingerprint density at radius 1 is 1.27 bits per heavy atom. The summed E-state index contributed by atoms with van der Waals surface area (Å²) >= 11 is 0. The Kier molecular flexibility index (Phi) is 4.78. The number of hydrogen-bond donors (Lipinski definition) is 2. The molecule has 0 saturated carbocycles. The molecule has 0 atom stereocenters. The largest absolute Gasteiger partial charge is 0.508 e. The van der Waals surface area contributed by atoms with E-state index < -0.39 is 11.8 Å². The van der Waals surface area contributed by atoms with Gasteiger partial charge in [-0.2, -0.15) is 0 Å². The molecule has 0 amide bonds. The summed E-state index contributed by atoms with van der Waals surface area (Å²) in [5.74, 6) is -1.70. The van der Waals surface area contributed by atoms with E-state index >= 15 is 0 Å². The van der Waals surface area contributed by atoms with Gasteiger partial charge >= 0.3 is 5.97 Å². The molecular weight excluding hydrogens is 287 g/mol. The van der Waals surface area contributed by atoms with Crippen molar-refractivity contribution >= 4 is 11.5 Å². The van der Waals surface area contributed by atoms with Gasteiger partial charge in [0.2, 0.25) is 0 Å². The third-order valence-electron chi connectivity index (χ3n) is 3.08. The highest BCUT2D eigenvalue weighted by Crippen LogP contribution is 2.24. The van der Waals surface area contributed by atoms with Gasteiger partial charge in [0.1, 0.15) is 23.9 Å². The predicted octanol–water partition coefficient (Wildman–Crippen LogP) is 3.60. The number of halogens is 1. The van der Waals surface area contributed by atoms with E-state index in [1.807, 2.05) is 0 Å². The molecular formula is C17H15FO4. The number of carbonyl (C=O) groups is 1. The highest BCUT2D eigenvalue weighted by Gasteiger charge is 2.13. The first-order valence-corrected chi connectivity index (χ1v) is 6.61. The monoisotopic (exact) mass is 302 g/mol. The molecule has 0 aliphatic heterocycles. The van der Waals surface area contributed by atoms with Crippen molar-refractivity contribution in [3.63, 3.8) is 0 Å². The number of carboxylic acids is 1. The molecule has 114 valence electrons. The fourth-order valence-electron chi connectivity index (χ4n) is 2.10. The summed E-state index contributed by atoms with van der Waals surface area (Å²) in [5.41, 5.74) is 1.36. The zero-order valence-corrected chi connectivity index (χ0v) is 11.9. The van der Waals surface area contributed by atoms with Crippen LogP contribution in [0, 0.1) is 5.82 Å². The maximum Gasteiger partial charge on any atom is 0.335 e. The third-order valence-corrected chi connectivity index (χ3v) is 3.08. The van der Waals surface area contributed by atoms with Gasteiger partial charge in [-0.05, 0) is 18.1 Å². The number of phenolic OH excluding ortho intramolecular Hbond substituents is 1. The molecule has 22 heavy (non-hydrogen) atoms. The van der Waals surface area contributed by atoms with Gasteiger partial charge in [-0.15, -0.1) is 0 Å². The van der Waals surface area contributed by atoms with E-state index in [0.717, 1.165) is 12.1 Å². The molecule has 0 saturated heterocycles. The van der Waals surface area contributed by atoms with Gasteiger partial charge in [-0.1, -0.05) is 30.3 Å². The number of ether oxygens (including phenoxy) is 1.